The van der Waals surface area contributed by atoms with Gasteiger partial charge in [0.25, 0.3) is 0 Å². The van der Waals surface area contributed by atoms with Crippen molar-refractivity contribution in [2.75, 3.05) is 0 Å². The molecular formula is C50H44N17O3S2Y-. The van der Waals surface area contributed by atoms with Crippen LogP contribution in [0.2, 0.25) is 0 Å². The molecule has 0 bridgehead atoms. The molecule has 0 saturated heterocycles. The molecule has 0 amide bonds. The van der Waals surface area contributed by atoms with Gasteiger partial charge in [0.05, 0.1) is 46.2 Å². The van der Waals surface area contributed by atoms with Crippen molar-refractivity contribution in [3.63, 3.8) is 0 Å². The summed E-state index contributed by atoms with van der Waals surface area (Å²) in [5, 5.41) is 13.1. The number of rotatable bonds is 0. The predicted molar refractivity (Wildman–Crippen MR) is 274 cm³/mol. The summed E-state index contributed by atoms with van der Waals surface area (Å²) in [6.45, 7) is 0. The van der Waals surface area contributed by atoms with Crippen molar-refractivity contribution >= 4 is 56.0 Å². The molecule has 14 rings (SSSR count). The topological polar surface area (TPSA) is 260 Å². The van der Waals surface area contributed by atoms with Gasteiger partial charge >= 0.3 is 0 Å². The Hall–Kier alpha value is -8.96. The summed E-state index contributed by atoms with van der Waals surface area (Å²) in [6.07, 6.45) is 36.8. The van der Waals surface area contributed by atoms with Crippen LogP contribution in [0, 0.1) is 0 Å². The van der Waals surface area contributed by atoms with Crippen LogP contribution in [0.5, 0.6) is 0 Å². The van der Waals surface area contributed by atoms with Crippen molar-refractivity contribution in [3.8, 4) is 0 Å². The van der Waals surface area contributed by atoms with Crippen LogP contribution in [-0.4, -0.2) is 78.9 Å². The molecule has 14 aromatic rings. The van der Waals surface area contributed by atoms with Crippen LogP contribution in [0.4, 0.5) is 0 Å². The zero-order valence-electron chi connectivity index (χ0n) is 38.6. The SMILES string of the molecule is [Y].c1c[n-]cn1.c1ccc2ncccc2c1.c1ccc2nccnc2c1.c1ccc2nsnc2c1.c1ccncc1.c1cnccn1.c1cncnc1.c1cnoc1.c1cocn1.c1cscn1.c1nnco1. The fraction of sp³-hybridized carbons (Fsp3) is 0. The molecule has 23 heteroatoms. The van der Waals surface area contributed by atoms with Gasteiger partial charge in [-0.1, -0.05) is 78.5 Å². The summed E-state index contributed by atoms with van der Waals surface area (Å²) >= 11 is 2.85. The van der Waals surface area contributed by atoms with Crippen molar-refractivity contribution < 1.29 is 46.1 Å². The Morgan fingerprint density at radius 2 is 1.00 bits per heavy atom. The molecule has 0 fully saturated rings. The molecule has 11 aromatic heterocycles. The molecule has 0 aliphatic rings. The van der Waals surface area contributed by atoms with Crippen molar-refractivity contribution in [1.29, 1.82) is 0 Å². The smallest absolute Gasteiger partial charge is 0.203 e. The quantitative estimate of drug-likeness (QED) is 0.137. The van der Waals surface area contributed by atoms with Crippen LogP contribution in [0.25, 0.3) is 33.0 Å². The van der Waals surface area contributed by atoms with Crippen LogP contribution >= 0.6 is 23.1 Å². The van der Waals surface area contributed by atoms with Gasteiger partial charge in [0.1, 0.15) is 29.9 Å². The van der Waals surface area contributed by atoms with Crippen LogP contribution in [0.1, 0.15) is 0 Å². The third-order valence-corrected chi connectivity index (χ3v) is 8.35. The van der Waals surface area contributed by atoms with Crippen LogP contribution in [-0.2, 0) is 32.7 Å². The second-order valence-corrected chi connectivity index (χ2v) is 13.4. The first-order valence-corrected chi connectivity index (χ1v) is 22.5. The monoisotopic (exact) mass is 1080 g/mol. The van der Waals surface area contributed by atoms with E-state index < -0.39 is 0 Å². The Morgan fingerprint density at radius 1 is 0.397 bits per heavy atom. The van der Waals surface area contributed by atoms with E-state index in [0.29, 0.717) is 0 Å². The first kappa shape index (κ1) is 58.4. The molecule has 0 unspecified atom stereocenters. The number of hydrogen-bond donors (Lipinski definition) is 0. The molecule has 0 N–H and O–H groups in total. The zero-order chi connectivity index (χ0) is 50.1. The predicted octanol–water partition coefficient (Wildman–Crippen LogP) is 10.2. The van der Waals surface area contributed by atoms with Crippen molar-refractivity contribution in [1.82, 2.24) is 83.9 Å². The molecule has 20 nitrogen and oxygen atoms in total. The number of imidazole rings is 1. The van der Waals surface area contributed by atoms with Crippen molar-refractivity contribution in [3.05, 3.63) is 270 Å². The number of para-hydroxylation sites is 3. The van der Waals surface area contributed by atoms with Gasteiger partial charge < -0.3 is 23.3 Å². The molecule has 1 radical (unpaired) electrons. The van der Waals surface area contributed by atoms with E-state index in [-0.39, 0.29) is 32.7 Å². The molecule has 0 aliphatic carbocycles. The number of oxazole rings is 1. The number of pyridine rings is 2. The van der Waals surface area contributed by atoms with E-state index in [1.165, 1.54) is 61.5 Å². The summed E-state index contributed by atoms with van der Waals surface area (Å²) in [5.41, 5.74) is 6.73. The van der Waals surface area contributed by atoms with E-state index >= 15 is 0 Å². The molecule has 0 atom stereocenters. The summed E-state index contributed by atoms with van der Waals surface area (Å²) in [7, 11) is 0. The summed E-state index contributed by atoms with van der Waals surface area (Å²) < 4.78 is 21.3. The summed E-state index contributed by atoms with van der Waals surface area (Å²) in [5.74, 6) is 0. The first-order chi connectivity index (χ1) is 35.9. The minimum absolute atomic E-state index is 0. The zero-order valence-corrected chi connectivity index (χ0v) is 43.1. The van der Waals surface area contributed by atoms with E-state index in [0.717, 1.165) is 27.6 Å². The Balaban J connectivity index is 0.000000214. The molecule has 0 spiro atoms. The molecule has 11 heterocycles. The van der Waals surface area contributed by atoms with E-state index in [1.54, 1.807) is 122 Å². The Bertz CT molecular complexity index is 2550. The van der Waals surface area contributed by atoms with E-state index in [9.17, 15) is 0 Å². The van der Waals surface area contributed by atoms with Crippen LogP contribution < -0.4 is 4.98 Å². The standard InChI is InChI=1S/C9H7N.C8H6N2.C6H4N2S.C5H5N.2C4H4N2.C3H3N2.2C3H3NO.C3H3NS.C2H2N2O.Y/c1-2-6-9-8(4-1)5-3-7-10-9;1-2-4-8-7(3-1)9-5-6-10-8;1-2-4-6-5(3-1)7-9-8-6;1-2-4-6-5-3-1;1-2-6-4-3-5-1;1-2-5-4-6-3-1;2*1-2-5-3-4-1;1-2-4-5-3-1;1-2-5-3-4-1;1-3-4-2-5-1;/h1-7H;1-6H;1-4H;1-5H;2*1-4H;4*1-3H;1-2H;/q;;;;;;-1;;;;;. The molecule has 0 saturated carbocycles. The van der Waals surface area contributed by atoms with E-state index in [1.807, 2.05) is 103 Å². The van der Waals surface area contributed by atoms with Gasteiger partial charge in [-0.25, -0.2) is 15.0 Å². The van der Waals surface area contributed by atoms with Gasteiger partial charge in [0.15, 0.2) is 6.39 Å². The number of hydrogen-bond acceptors (Lipinski definition) is 21. The maximum absolute atomic E-state index is 4.47. The minimum atomic E-state index is 0. The third-order valence-electron chi connectivity index (χ3n) is 7.27. The normalized spacial score (nSPS) is 8.71. The van der Waals surface area contributed by atoms with Crippen molar-refractivity contribution in [2.45, 2.75) is 0 Å². The Labute approximate surface area is 452 Å². The van der Waals surface area contributed by atoms with Gasteiger partial charge in [-0.15, -0.1) is 21.5 Å². The van der Waals surface area contributed by atoms with Gasteiger partial charge in [0, 0.05) is 118 Å². The fourth-order valence-electron chi connectivity index (χ4n) is 4.33. The molecular weight excluding hydrogens is 1040 g/mol. The second kappa shape index (κ2) is 43.1. The number of aromatic nitrogens is 17. The van der Waals surface area contributed by atoms with Gasteiger partial charge in [-0.05, 0) is 60.7 Å². The summed E-state index contributed by atoms with van der Waals surface area (Å²) in [4.78, 5) is 45.5. The van der Waals surface area contributed by atoms with Gasteiger partial charge in [-0.3, -0.25) is 34.9 Å². The summed E-state index contributed by atoms with van der Waals surface area (Å²) in [6, 6.07) is 36.9. The molecule has 3 aromatic carbocycles. The van der Waals surface area contributed by atoms with Gasteiger partial charge in [0.2, 0.25) is 12.8 Å². The average molecular weight is 1080 g/mol. The third kappa shape index (κ3) is 31.0. The van der Waals surface area contributed by atoms with Crippen LogP contribution in [0.15, 0.2) is 283 Å². The largest absolute Gasteiger partial charge is 0.452 e. The number of benzene rings is 3. The van der Waals surface area contributed by atoms with E-state index in [2.05, 4.69) is 109 Å². The van der Waals surface area contributed by atoms with Crippen molar-refractivity contribution in [2.24, 2.45) is 0 Å². The molecule has 0 aliphatic heterocycles. The average Bonchev–Trinajstić information content (AvgIpc) is 4.34. The molecule has 363 valence electrons. The van der Waals surface area contributed by atoms with Gasteiger partial charge in [-0.2, -0.15) is 8.75 Å². The number of fused-ring (bicyclic) bond motifs is 3. The fourth-order valence-corrected chi connectivity index (χ4v) is 5.20. The maximum atomic E-state index is 4.47. The first-order valence-electron chi connectivity index (χ1n) is 20.8. The maximum Gasteiger partial charge on any atom is 0.203 e. The number of nitrogens with zero attached hydrogens (tertiary/aromatic N) is 17. The minimum Gasteiger partial charge on any atom is -0.452 e. The molecule has 73 heavy (non-hydrogen) atoms. The van der Waals surface area contributed by atoms with Crippen LogP contribution in [0.3, 0.4) is 0 Å². The Kier molecular flexibility index (Phi) is 34.4. The number of thiazole rings is 1. The Morgan fingerprint density at radius 3 is 1.34 bits per heavy atom. The van der Waals surface area contributed by atoms with E-state index in [4.69, 9.17) is 0 Å². The second-order valence-electron chi connectivity index (χ2n) is 12.1.